The molecule has 0 atom stereocenters. The Morgan fingerprint density at radius 1 is 1.15 bits per heavy atom. The van der Waals surface area contributed by atoms with E-state index in [0.29, 0.717) is 44.8 Å². The summed E-state index contributed by atoms with van der Waals surface area (Å²) in [6.07, 6.45) is 2.73. The van der Waals surface area contributed by atoms with Gasteiger partial charge in [-0.1, -0.05) is 6.42 Å². The number of benzene rings is 1. The van der Waals surface area contributed by atoms with E-state index in [1.165, 1.54) is 18.2 Å². The number of ether oxygens (including phenoxy) is 1. The number of nitrogens with zero attached hydrogens (tertiary/aromatic N) is 1. The molecule has 7 nitrogen and oxygen atoms in total. The molecule has 1 aromatic carbocycles. The normalized spacial score (nSPS) is 14.8. The Labute approximate surface area is 153 Å². The van der Waals surface area contributed by atoms with E-state index in [-0.39, 0.29) is 17.5 Å². The van der Waals surface area contributed by atoms with E-state index < -0.39 is 5.82 Å². The number of nitrogens with one attached hydrogen (secondary N) is 2. The number of hydrogen-bond donors (Lipinski definition) is 3. The minimum atomic E-state index is -0.434. The van der Waals surface area contributed by atoms with E-state index >= 15 is 0 Å². The summed E-state index contributed by atoms with van der Waals surface area (Å²) in [4.78, 5) is 25.8. The zero-order chi connectivity index (χ0) is 18.8. The van der Waals surface area contributed by atoms with Gasteiger partial charge >= 0.3 is 0 Å². The Balaban J connectivity index is 1.51. The van der Waals surface area contributed by atoms with Crippen LogP contribution in [0, 0.1) is 5.82 Å². The van der Waals surface area contributed by atoms with E-state index in [1.54, 1.807) is 0 Å². The van der Waals surface area contributed by atoms with E-state index in [9.17, 15) is 14.0 Å². The number of anilines is 2. The lowest BCUT2D eigenvalue weighted by Gasteiger charge is -2.25. The molecule has 0 unspecified atom stereocenters. The van der Waals surface area contributed by atoms with Gasteiger partial charge in [0, 0.05) is 26.1 Å². The third kappa shape index (κ3) is 7.37. The van der Waals surface area contributed by atoms with Gasteiger partial charge in [0.1, 0.15) is 5.82 Å². The molecule has 0 saturated carbocycles. The van der Waals surface area contributed by atoms with Crippen molar-refractivity contribution in [2.24, 2.45) is 0 Å². The molecule has 8 heteroatoms. The third-order valence-corrected chi connectivity index (χ3v) is 4.16. The number of carbonyl (C=O) groups excluding carboxylic acids is 2. The standard InChI is InChI=1S/C18H27FN4O3/c19-14-5-6-16(15(20)12-14)22-17(24)4-2-1-3-7-21-18(25)13-23-8-10-26-11-9-23/h5-6,12H,1-4,7-11,13,20H2,(H,21,25)(H,22,24). The molecule has 1 fully saturated rings. The minimum absolute atomic E-state index is 0.0245. The van der Waals surface area contributed by atoms with Gasteiger partial charge in [0.15, 0.2) is 0 Å². The molecule has 0 spiro atoms. The summed E-state index contributed by atoms with van der Waals surface area (Å²) in [7, 11) is 0. The van der Waals surface area contributed by atoms with Crippen LogP contribution >= 0.6 is 0 Å². The molecule has 4 N–H and O–H groups in total. The first kappa shape index (κ1) is 20.1. The molecule has 0 aromatic heterocycles. The first-order valence-corrected chi connectivity index (χ1v) is 8.96. The zero-order valence-corrected chi connectivity index (χ0v) is 14.9. The van der Waals surface area contributed by atoms with Crippen molar-refractivity contribution < 1.29 is 18.7 Å². The summed E-state index contributed by atoms with van der Waals surface area (Å²) in [6.45, 7) is 3.96. The summed E-state index contributed by atoms with van der Waals surface area (Å²) >= 11 is 0. The van der Waals surface area contributed by atoms with Gasteiger partial charge in [-0.2, -0.15) is 0 Å². The van der Waals surface area contributed by atoms with Crippen LogP contribution < -0.4 is 16.4 Å². The van der Waals surface area contributed by atoms with E-state index in [2.05, 4.69) is 15.5 Å². The van der Waals surface area contributed by atoms with Crippen LogP contribution in [-0.4, -0.2) is 56.1 Å². The first-order chi connectivity index (χ1) is 12.5. The highest BCUT2D eigenvalue weighted by atomic mass is 19.1. The maximum absolute atomic E-state index is 13.0. The number of carbonyl (C=O) groups is 2. The van der Waals surface area contributed by atoms with Crippen LogP contribution in [0.25, 0.3) is 0 Å². The topological polar surface area (TPSA) is 96.7 Å². The van der Waals surface area contributed by atoms with Crippen LogP contribution in [0.15, 0.2) is 18.2 Å². The smallest absolute Gasteiger partial charge is 0.234 e. The fraction of sp³-hybridized carbons (Fsp3) is 0.556. The van der Waals surface area contributed by atoms with Gasteiger partial charge < -0.3 is 21.1 Å². The van der Waals surface area contributed by atoms with E-state index in [0.717, 1.165) is 25.9 Å². The number of halogens is 1. The lowest BCUT2D eigenvalue weighted by Crippen LogP contribution is -2.43. The lowest BCUT2D eigenvalue weighted by atomic mass is 10.2. The van der Waals surface area contributed by atoms with Gasteiger partial charge in [-0.3, -0.25) is 14.5 Å². The van der Waals surface area contributed by atoms with Crippen molar-refractivity contribution in [3.05, 3.63) is 24.0 Å². The van der Waals surface area contributed by atoms with E-state index in [1.807, 2.05) is 0 Å². The van der Waals surface area contributed by atoms with Gasteiger partial charge in [0.05, 0.1) is 31.1 Å². The molecule has 2 amide bonds. The molecule has 0 aliphatic carbocycles. The molecule has 1 aliphatic heterocycles. The molecule has 1 saturated heterocycles. The SMILES string of the molecule is Nc1cc(F)ccc1NC(=O)CCCCCNC(=O)CN1CCOCC1. The predicted molar refractivity (Wildman–Crippen MR) is 98.2 cm³/mol. The summed E-state index contributed by atoms with van der Waals surface area (Å²) in [5.74, 6) is -0.563. The number of rotatable bonds is 9. The maximum Gasteiger partial charge on any atom is 0.234 e. The summed E-state index contributed by atoms with van der Waals surface area (Å²) in [6, 6.07) is 3.88. The molecule has 26 heavy (non-hydrogen) atoms. The van der Waals surface area contributed by atoms with Crippen molar-refractivity contribution in [1.29, 1.82) is 0 Å². The Kier molecular flexibility index (Phi) is 8.30. The van der Waals surface area contributed by atoms with Crippen LogP contribution in [0.5, 0.6) is 0 Å². The molecule has 1 heterocycles. The number of nitrogens with two attached hydrogens (primary N) is 1. The summed E-state index contributed by atoms with van der Waals surface area (Å²) < 4.78 is 18.2. The molecule has 1 aromatic rings. The fourth-order valence-corrected chi connectivity index (χ4v) is 2.69. The number of hydrogen-bond acceptors (Lipinski definition) is 5. The van der Waals surface area contributed by atoms with Crippen LogP contribution in [0.2, 0.25) is 0 Å². The average Bonchev–Trinajstić information content (AvgIpc) is 2.61. The molecule has 0 bridgehead atoms. The summed E-state index contributed by atoms with van der Waals surface area (Å²) in [5.41, 5.74) is 6.29. The van der Waals surface area contributed by atoms with Crippen molar-refractivity contribution in [3.8, 4) is 0 Å². The van der Waals surface area contributed by atoms with Crippen molar-refractivity contribution in [1.82, 2.24) is 10.2 Å². The van der Waals surface area contributed by atoms with Gasteiger partial charge in [-0.05, 0) is 31.0 Å². The Bertz CT molecular complexity index is 606. The Hall–Kier alpha value is -2.19. The highest BCUT2D eigenvalue weighted by Crippen LogP contribution is 2.19. The van der Waals surface area contributed by atoms with Crippen LogP contribution in [-0.2, 0) is 14.3 Å². The molecule has 0 radical (unpaired) electrons. The molecule has 2 rings (SSSR count). The average molecular weight is 366 g/mol. The maximum atomic E-state index is 13.0. The zero-order valence-electron chi connectivity index (χ0n) is 14.9. The second kappa shape index (κ2) is 10.7. The molecular weight excluding hydrogens is 339 g/mol. The van der Waals surface area contributed by atoms with Gasteiger partial charge in [0.25, 0.3) is 0 Å². The van der Waals surface area contributed by atoms with Crippen molar-refractivity contribution in [2.75, 3.05) is 50.4 Å². The van der Waals surface area contributed by atoms with Crippen molar-refractivity contribution >= 4 is 23.2 Å². The van der Waals surface area contributed by atoms with Gasteiger partial charge in [0.2, 0.25) is 11.8 Å². The quantitative estimate of drug-likeness (QED) is 0.453. The van der Waals surface area contributed by atoms with Crippen LogP contribution in [0.3, 0.4) is 0 Å². The van der Waals surface area contributed by atoms with Crippen LogP contribution in [0.4, 0.5) is 15.8 Å². The number of morpholine rings is 1. The van der Waals surface area contributed by atoms with Crippen molar-refractivity contribution in [3.63, 3.8) is 0 Å². The fourth-order valence-electron chi connectivity index (χ4n) is 2.69. The lowest BCUT2D eigenvalue weighted by molar-refractivity contribution is -0.123. The van der Waals surface area contributed by atoms with Gasteiger partial charge in [-0.25, -0.2) is 4.39 Å². The molecule has 1 aliphatic rings. The highest BCUT2D eigenvalue weighted by molar-refractivity contribution is 5.93. The van der Waals surface area contributed by atoms with E-state index in [4.69, 9.17) is 10.5 Å². The van der Waals surface area contributed by atoms with Crippen LogP contribution in [0.1, 0.15) is 25.7 Å². The Morgan fingerprint density at radius 3 is 2.65 bits per heavy atom. The summed E-state index contributed by atoms with van der Waals surface area (Å²) in [5, 5.41) is 5.57. The predicted octanol–water partition coefficient (Wildman–Crippen LogP) is 1.36. The van der Waals surface area contributed by atoms with Crippen molar-refractivity contribution in [2.45, 2.75) is 25.7 Å². The molecular formula is C18H27FN4O3. The number of unbranched alkanes of at least 4 members (excludes halogenated alkanes) is 2. The Morgan fingerprint density at radius 2 is 1.92 bits per heavy atom. The second-order valence-electron chi connectivity index (χ2n) is 6.33. The number of amides is 2. The minimum Gasteiger partial charge on any atom is -0.397 e. The second-order valence-corrected chi connectivity index (χ2v) is 6.33. The monoisotopic (exact) mass is 366 g/mol. The third-order valence-electron chi connectivity index (χ3n) is 4.16. The van der Waals surface area contributed by atoms with Gasteiger partial charge in [-0.15, -0.1) is 0 Å². The largest absolute Gasteiger partial charge is 0.397 e. The first-order valence-electron chi connectivity index (χ1n) is 8.96. The highest BCUT2D eigenvalue weighted by Gasteiger charge is 2.13. The number of nitrogen functional groups attached to an aromatic ring is 1. The molecule has 144 valence electrons.